The Balaban J connectivity index is 2.89. The smallest absolute Gasteiger partial charge is 0.330 e. The molecule has 0 aliphatic heterocycles. The lowest BCUT2D eigenvalue weighted by atomic mass is 9.98. The van der Waals surface area contributed by atoms with Crippen molar-refractivity contribution in [2.45, 2.75) is 104 Å². The van der Waals surface area contributed by atoms with Crippen LogP contribution in [-0.2, 0) is 35.2 Å². The molecule has 42 heavy (non-hydrogen) atoms. The maximum absolute atomic E-state index is 13.3. The molecule has 0 heterocycles. The van der Waals surface area contributed by atoms with E-state index in [-0.39, 0.29) is 18.1 Å². The third-order valence-corrected chi connectivity index (χ3v) is 6.53. The molecule has 0 fully saturated rings. The van der Waals surface area contributed by atoms with E-state index >= 15 is 0 Å². The van der Waals surface area contributed by atoms with E-state index in [1.165, 1.54) is 5.56 Å². The molecule has 11 heteroatoms. The quantitative estimate of drug-likeness (QED) is 0.123. The second kappa shape index (κ2) is 19.2. The van der Waals surface area contributed by atoms with Gasteiger partial charge in [0.05, 0.1) is 12.1 Å². The van der Waals surface area contributed by atoms with Gasteiger partial charge in [-0.25, -0.2) is 4.79 Å². The van der Waals surface area contributed by atoms with Crippen LogP contribution in [0.15, 0.2) is 42.1 Å². The lowest BCUT2D eigenvalue weighted by Gasteiger charge is -2.27. The minimum Gasteiger partial charge on any atom is -0.478 e. The Hall–Kier alpha value is -4.02. The molecule has 0 saturated carbocycles. The van der Waals surface area contributed by atoms with E-state index < -0.39 is 53.4 Å². The lowest BCUT2D eigenvalue weighted by Crippen LogP contribution is -2.57. The van der Waals surface area contributed by atoms with Crippen molar-refractivity contribution in [1.29, 1.82) is 0 Å². The fraction of sp³-hybridized carbons (Fsp3) is 0.548. The molecule has 4 amide bonds. The van der Waals surface area contributed by atoms with E-state index in [4.69, 9.17) is 5.11 Å². The van der Waals surface area contributed by atoms with Crippen molar-refractivity contribution in [3.05, 3.63) is 47.7 Å². The van der Waals surface area contributed by atoms with Gasteiger partial charge in [0.1, 0.15) is 17.8 Å². The molecule has 0 saturated heterocycles. The number of unbranched alkanes of at least 4 members (excludes halogenated alkanes) is 1. The van der Waals surface area contributed by atoms with Gasteiger partial charge in [-0.3, -0.25) is 24.0 Å². The van der Waals surface area contributed by atoms with E-state index in [0.29, 0.717) is 38.2 Å². The molecule has 1 aromatic rings. The van der Waals surface area contributed by atoms with Crippen LogP contribution in [-0.4, -0.2) is 58.6 Å². The van der Waals surface area contributed by atoms with Crippen molar-refractivity contribution in [1.82, 2.24) is 21.3 Å². The summed E-state index contributed by atoms with van der Waals surface area (Å²) in [4.78, 5) is 74.7. The molecule has 232 valence electrons. The topological polar surface area (TPSA) is 171 Å². The molecule has 3 atom stereocenters. The number of ketones is 1. The van der Waals surface area contributed by atoms with Gasteiger partial charge in [0, 0.05) is 13.3 Å². The largest absolute Gasteiger partial charge is 0.478 e. The van der Waals surface area contributed by atoms with Gasteiger partial charge >= 0.3 is 5.97 Å². The zero-order valence-electron chi connectivity index (χ0n) is 25.3. The first-order valence-electron chi connectivity index (χ1n) is 14.6. The number of benzene rings is 1. The Morgan fingerprint density at radius 1 is 0.833 bits per heavy atom. The first-order valence-corrected chi connectivity index (χ1v) is 14.6. The van der Waals surface area contributed by atoms with Gasteiger partial charge in [-0.05, 0) is 43.6 Å². The van der Waals surface area contributed by atoms with Crippen molar-refractivity contribution in [2.75, 3.05) is 0 Å². The molecule has 0 aromatic heterocycles. The maximum Gasteiger partial charge on any atom is 0.330 e. The Kier molecular flexibility index (Phi) is 16.4. The van der Waals surface area contributed by atoms with Gasteiger partial charge in [-0.15, -0.1) is 0 Å². The summed E-state index contributed by atoms with van der Waals surface area (Å²) >= 11 is 0. The summed E-state index contributed by atoms with van der Waals surface area (Å²) < 4.78 is 0. The number of rotatable bonds is 19. The summed E-state index contributed by atoms with van der Waals surface area (Å²) in [7, 11) is 0. The van der Waals surface area contributed by atoms with Gasteiger partial charge in [-0.2, -0.15) is 0 Å². The van der Waals surface area contributed by atoms with Crippen LogP contribution < -0.4 is 21.3 Å². The summed E-state index contributed by atoms with van der Waals surface area (Å²) in [6, 6.07) is 7.26. The van der Waals surface area contributed by atoms with Crippen LogP contribution in [0.25, 0.3) is 0 Å². The number of carbonyl (C=O) groups excluding carboxylic acids is 5. The van der Waals surface area contributed by atoms with E-state index in [1.54, 1.807) is 20.8 Å². The summed E-state index contributed by atoms with van der Waals surface area (Å²) in [5.41, 5.74) is 0.687. The predicted molar refractivity (Wildman–Crippen MR) is 159 cm³/mol. The second-order valence-electron chi connectivity index (χ2n) is 10.6. The van der Waals surface area contributed by atoms with Gasteiger partial charge in [0.2, 0.25) is 17.7 Å². The standard InChI is InChI=1S/C31H46N4O7/c1-6-13-23(26(37)18-12-11-17-22-15-9-8-10-16-22)33-31(42)28(20(3)4)35-29(40)24(14-7-2)34-30(41)25(19-27(38)39)32-21(5)36/h8-10,15-16,19-20,23-24,28H,6-7,11-14,17-18H2,1-5H3,(H,32,36)(H,33,42)(H,34,41)(H,35,40)(H,38,39)/b25-19+/t23-,24-,28?/m0/s1. The normalized spacial score (nSPS) is 13.4. The van der Waals surface area contributed by atoms with E-state index in [1.807, 2.05) is 37.3 Å². The Labute approximate surface area is 248 Å². The number of nitrogens with one attached hydrogen (secondary N) is 4. The molecule has 0 spiro atoms. The molecule has 1 rings (SSSR count). The van der Waals surface area contributed by atoms with E-state index in [2.05, 4.69) is 21.3 Å². The second-order valence-corrected chi connectivity index (χ2v) is 10.6. The highest BCUT2D eigenvalue weighted by atomic mass is 16.4. The zero-order valence-corrected chi connectivity index (χ0v) is 25.3. The monoisotopic (exact) mass is 586 g/mol. The Bertz CT molecular complexity index is 1100. The van der Waals surface area contributed by atoms with Crippen molar-refractivity contribution in [3.8, 4) is 0 Å². The molecule has 0 radical (unpaired) electrons. The number of aliphatic carboxylic acids is 1. The molecule has 0 aliphatic carbocycles. The number of carboxylic acids is 1. The minimum atomic E-state index is -1.45. The molecule has 11 nitrogen and oxygen atoms in total. The van der Waals surface area contributed by atoms with Gasteiger partial charge in [-0.1, -0.05) is 70.9 Å². The first kappa shape index (κ1) is 36.0. The highest BCUT2D eigenvalue weighted by Crippen LogP contribution is 2.11. The summed E-state index contributed by atoms with van der Waals surface area (Å²) in [5.74, 6) is -4.59. The first-order chi connectivity index (χ1) is 19.9. The molecule has 0 aliphatic rings. The third-order valence-electron chi connectivity index (χ3n) is 6.53. The fourth-order valence-corrected chi connectivity index (χ4v) is 4.36. The minimum absolute atomic E-state index is 0.0565. The fourth-order valence-electron chi connectivity index (χ4n) is 4.36. The number of Topliss-reactive ketones (excluding diaryl/α,β-unsaturated/α-hetero) is 1. The number of carbonyl (C=O) groups is 6. The summed E-state index contributed by atoms with van der Waals surface area (Å²) in [6.07, 6.45) is 5.14. The zero-order chi connectivity index (χ0) is 31.7. The molecular formula is C31H46N4O7. The lowest BCUT2D eigenvalue weighted by molar-refractivity contribution is -0.134. The summed E-state index contributed by atoms with van der Waals surface area (Å²) in [5, 5.41) is 19.1. The highest BCUT2D eigenvalue weighted by Gasteiger charge is 2.31. The van der Waals surface area contributed by atoms with E-state index in [9.17, 15) is 28.8 Å². The Morgan fingerprint density at radius 3 is 2.00 bits per heavy atom. The van der Waals surface area contributed by atoms with Crippen LogP contribution in [0.4, 0.5) is 0 Å². The van der Waals surface area contributed by atoms with Crippen LogP contribution in [0.1, 0.15) is 85.1 Å². The van der Waals surface area contributed by atoms with Gasteiger partial charge in [0.15, 0.2) is 5.78 Å². The van der Waals surface area contributed by atoms with Crippen molar-refractivity contribution >= 4 is 35.4 Å². The highest BCUT2D eigenvalue weighted by molar-refractivity contribution is 6.03. The van der Waals surface area contributed by atoms with Crippen LogP contribution in [0.3, 0.4) is 0 Å². The van der Waals surface area contributed by atoms with Crippen molar-refractivity contribution in [2.24, 2.45) is 5.92 Å². The Morgan fingerprint density at radius 2 is 1.45 bits per heavy atom. The number of carboxylic acid groups (broad SMARTS) is 1. The number of aryl methyl sites for hydroxylation is 1. The maximum atomic E-state index is 13.3. The number of amides is 4. The predicted octanol–water partition coefficient (Wildman–Crippen LogP) is 2.78. The van der Waals surface area contributed by atoms with Gasteiger partial charge < -0.3 is 26.4 Å². The van der Waals surface area contributed by atoms with Crippen molar-refractivity contribution < 1.29 is 33.9 Å². The summed E-state index contributed by atoms with van der Waals surface area (Å²) in [6.45, 7) is 8.34. The number of hydrogen-bond donors (Lipinski definition) is 5. The molecular weight excluding hydrogens is 540 g/mol. The van der Waals surface area contributed by atoms with Crippen LogP contribution in [0.2, 0.25) is 0 Å². The molecule has 1 aromatic carbocycles. The molecule has 0 bridgehead atoms. The van der Waals surface area contributed by atoms with Gasteiger partial charge in [0.25, 0.3) is 5.91 Å². The van der Waals surface area contributed by atoms with E-state index in [0.717, 1.165) is 19.8 Å². The van der Waals surface area contributed by atoms with Crippen LogP contribution in [0, 0.1) is 5.92 Å². The number of hydrogen-bond acceptors (Lipinski definition) is 6. The third kappa shape index (κ3) is 13.6. The average Bonchev–Trinajstić information content (AvgIpc) is 2.92. The van der Waals surface area contributed by atoms with Crippen molar-refractivity contribution in [3.63, 3.8) is 0 Å². The molecule has 5 N–H and O–H groups in total. The average molecular weight is 587 g/mol. The van der Waals surface area contributed by atoms with Crippen LogP contribution >= 0.6 is 0 Å². The van der Waals surface area contributed by atoms with Crippen LogP contribution in [0.5, 0.6) is 0 Å². The SMILES string of the molecule is CCC[C@H](NC(=O)C(NC(=O)[C@H](CCC)NC(=O)/C(=C\C(=O)O)NC(C)=O)C(C)C)C(=O)CCCCc1ccccc1. The molecule has 1 unspecified atom stereocenters.